The minimum atomic E-state index is -0.208. The SMILES string of the molecule is O=C(Cn1cnc2ccccc2c1=O)N[C@@H](C[NH+]1CCOCC1)c1ccccc1. The number of amides is 1. The molecule has 1 aromatic heterocycles. The third-order valence-electron chi connectivity index (χ3n) is 5.28. The van der Waals surface area contributed by atoms with Gasteiger partial charge in [-0.15, -0.1) is 0 Å². The predicted molar refractivity (Wildman–Crippen MR) is 110 cm³/mol. The van der Waals surface area contributed by atoms with Crippen molar-refractivity contribution in [3.05, 3.63) is 76.8 Å². The molecular weight excluding hydrogens is 368 g/mol. The van der Waals surface area contributed by atoms with Gasteiger partial charge in [0.2, 0.25) is 5.91 Å². The van der Waals surface area contributed by atoms with Crippen LogP contribution in [0.3, 0.4) is 0 Å². The predicted octanol–water partition coefficient (Wildman–Crippen LogP) is 0.169. The molecule has 7 nitrogen and oxygen atoms in total. The summed E-state index contributed by atoms with van der Waals surface area (Å²) >= 11 is 0. The standard InChI is InChI=1S/C22H24N4O3/c27-21(15-26-16-23-19-9-5-4-8-18(19)22(26)28)24-20(17-6-2-1-3-7-17)14-25-10-12-29-13-11-25/h1-9,16,20H,10-15H2,(H,24,27)/p+1/t20-/m0/s1. The Morgan fingerprint density at radius 1 is 1.10 bits per heavy atom. The highest BCUT2D eigenvalue weighted by molar-refractivity contribution is 5.79. The molecule has 1 aliphatic rings. The highest BCUT2D eigenvalue weighted by Gasteiger charge is 2.23. The number of nitrogens with zero attached hydrogens (tertiary/aromatic N) is 2. The van der Waals surface area contributed by atoms with Gasteiger partial charge >= 0.3 is 0 Å². The molecule has 0 unspecified atom stereocenters. The minimum Gasteiger partial charge on any atom is -0.370 e. The van der Waals surface area contributed by atoms with Crippen molar-refractivity contribution in [3.8, 4) is 0 Å². The fourth-order valence-corrected chi connectivity index (χ4v) is 3.70. The lowest BCUT2D eigenvalue weighted by atomic mass is 10.1. The van der Waals surface area contributed by atoms with Crippen LogP contribution in [0.2, 0.25) is 0 Å². The van der Waals surface area contributed by atoms with Gasteiger partial charge in [-0.3, -0.25) is 14.2 Å². The highest BCUT2D eigenvalue weighted by Crippen LogP contribution is 2.11. The van der Waals surface area contributed by atoms with E-state index in [-0.39, 0.29) is 24.1 Å². The van der Waals surface area contributed by atoms with Crippen LogP contribution in [-0.2, 0) is 16.1 Å². The van der Waals surface area contributed by atoms with Gasteiger partial charge < -0.3 is 15.0 Å². The second-order valence-corrected chi connectivity index (χ2v) is 7.29. The van der Waals surface area contributed by atoms with Crippen molar-refractivity contribution in [3.63, 3.8) is 0 Å². The molecule has 2 heterocycles. The first kappa shape index (κ1) is 19.3. The summed E-state index contributed by atoms with van der Waals surface area (Å²) in [5.41, 5.74) is 1.48. The zero-order chi connectivity index (χ0) is 20.1. The molecule has 1 fully saturated rings. The summed E-state index contributed by atoms with van der Waals surface area (Å²) in [6.07, 6.45) is 1.44. The van der Waals surface area contributed by atoms with Crippen LogP contribution in [0, 0.1) is 0 Å². The number of nitrogens with one attached hydrogen (secondary N) is 2. The van der Waals surface area contributed by atoms with Crippen LogP contribution in [0.1, 0.15) is 11.6 Å². The molecule has 2 N–H and O–H groups in total. The van der Waals surface area contributed by atoms with Crippen molar-refractivity contribution in [1.82, 2.24) is 14.9 Å². The second kappa shape index (κ2) is 8.98. The molecule has 1 saturated heterocycles. The van der Waals surface area contributed by atoms with Gasteiger partial charge in [-0.1, -0.05) is 42.5 Å². The number of carbonyl (C=O) groups is 1. The Balaban J connectivity index is 1.50. The summed E-state index contributed by atoms with van der Waals surface area (Å²) in [6.45, 7) is 4.05. The quantitative estimate of drug-likeness (QED) is 0.626. The molecule has 0 bridgehead atoms. The van der Waals surface area contributed by atoms with Gasteiger partial charge in [-0.25, -0.2) is 4.98 Å². The minimum absolute atomic E-state index is 0.0571. The largest absolute Gasteiger partial charge is 0.370 e. The van der Waals surface area contributed by atoms with Crippen molar-refractivity contribution < 1.29 is 14.4 Å². The van der Waals surface area contributed by atoms with E-state index in [1.54, 1.807) is 18.2 Å². The van der Waals surface area contributed by atoms with Crippen molar-refractivity contribution in [2.24, 2.45) is 0 Å². The van der Waals surface area contributed by atoms with Gasteiger partial charge in [0.25, 0.3) is 5.56 Å². The maximum atomic E-state index is 12.8. The van der Waals surface area contributed by atoms with E-state index in [0.717, 1.165) is 38.4 Å². The number of rotatable bonds is 6. The number of quaternary nitrogens is 1. The second-order valence-electron chi connectivity index (χ2n) is 7.29. The normalized spacial score (nSPS) is 15.9. The topological polar surface area (TPSA) is 77.7 Å². The fourth-order valence-electron chi connectivity index (χ4n) is 3.70. The molecule has 4 rings (SSSR count). The molecule has 7 heteroatoms. The van der Waals surface area contributed by atoms with Gasteiger partial charge in [-0.05, 0) is 17.7 Å². The highest BCUT2D eigenvalue weighted by atomic mass is 16.5. The molecular formula is C22H25N4O3+. The van der Waals surface area contributed by atoms with Crippen LogP contribution in [0.4, 0.5) is 0 Å². The molecule has 0 saturated carbocycles. The summed E-state index contributed by atoms with van der Waals surface area (Å²) in [5, 5.41) is 3.63. The van der Waals surface area contributed by atoms with E-state index in [2.05, 4.69) is 10.3 Å². The van der Waals surface area contributed by atoms with Crippen LogP contribution >= 0.6 is 0 Å². The molecule has 3 aromatic rings. The molecule has 1 amide bonds. The Morgan fingerprint density at radius 2 is 1.83 bits per heavy atom. The lowest BCUT2D eigenvalue weighted by Gasteiger charge is -2.28. The van der Waals surface area contributed by atoms with Crippen molar-refractivity contribution in [2.75, 3.05) is 32.8 Å². The summed E-state index contributed by atoms with van der Waals surface area (Å²) in [7, 11) is 0. The van der Waals surface area contributed by atoms with Crippen molar-refractivity contribution in [2.45, 2.75) is 12.6 Å². The Bertz CT molecular complexity index is 1030. The number of fused-ring (bicyclic) bond motifs is 1. The summed E-state index contributed by atoms with van der Waals surface area (Å²) in [4.78, 5) is 31.1. The van der Waals surface area contributed by atoms with E-state index in [9.17, 15) is 9.59 Å². The van der Waals surface area contributed by atoms with Crippen molar-refractivity contribution >= 4 is 16.8 Å². The summed E-state index contributed by atoms with van der Waals surface area (Å²) < 4.78 is 6.80. The molecule has 1 atom stereocenters. The third kappa shape index (κ3) is 4.70. The Kier molecular flexibility index (Phi) is 5.97. The Morgan fingerprint density at radius 3 is 2.62 bits per heavy atom. The lowest BCUT2D eigenvalue weighted by molar-refractivity contribution is -0.909. The van der Waals surface area contributed by atoms with E-state index in [1.807, 2.05) is 36.4 Å². The molecule has 0 radical (unpaired) electrons. The fraction of sp³-hybridized carbons (Fsp3) is 0.318. The number of aromatic nitrogens is 2. The van der Waals surface area contributed by atoms with Crippen LogP contribution in [0.25, 0.3) is 10.9 Å². The van der Waals surface area contributed by atoms with Gasteiger partial charge in [-0.2, -0.15) is 0 Å². The first-order valence-electron chi connectivity index (χ1n) is 9.90. The lowest BCUT2D eigenvalue weighted by Crippen LogP contribution is -3.14. The Hall–Kier alpha value is -3.03. The van der Waals surface area contributed by atoms with Gasteiger partial charge in [0.15, 0.2) is 0 Å². The zero-order valence-electron chi connectivity index (χ0n) is 16.2. The number of para-hydroxylation sites is 1. The summed E-state index contributed by atoms with van der Waals surface area (Å²) in [5.74, 6) is -0.203. The first-order valence-corrected chi connectivity index (χ1v) is 9.90. The van der Waals surface area contributed by atoms with E-state index < -0.39 is 0 Å². The van der Waals surface area contributed by atoms with E-state index in [4.69, 9.17) is 4.74 Å². The maximum Gasteiger partial charge on any atom is 0.261 e. The average molecular weight is 393 g/mol. The van der Waals surface area contributed by atoms with E-state index in [1.165, 1.54) is 15.8 Å². The molecule has 2 aromatic carbocycles. The molecule has 0 aliphatic carbocycles. The van der Waals surface area contributed by atoms with Crippen molar-refractivity contribution in [1.29, 1.82) is 0 Å². The third-order valence-corrected chi connectivity index (χ3v) is 5.28. The average Bonchev–Trinajstić information content (AvgIpc) is 2.77. The molecule has 1 aliphatic heterocycles. The van der Waals surface area contributed by atoms with E-state index >= 15 is 0 Å². The van der Waals surface area contributed by atoms with Crippen LogP contribution in [0.5, 0.6) is 0 Å². The van der Waals surface area contributed by atoms with Gasteiger partial charge in [0.1, 0.15) is 32.2 Å². The Labute approximate surface area is 168 Å². The van der Waals surface area contributed by atoms with Gasteiger partial charge in [0, 0.05) is 0 Å². The molecule has 150 valence electrons. The maximum absolute atomic E-state index is 12.8. The number of carbonyl (C=O) groups excluding carboxylic acids is 1. The first-order chi connectivity index (χ1) is 14.2. The number of hydrogen-bond acceptors (Lipinski definition) is 4. The number of morpholine rings is 1. The number of hydrogen-bond donors (Lipinski definition) is 2. The van der Waals surface area contributed by atoms with Gasteiger partial charge in [0.05, 0.1) is 30.4 Å². The van der Waals surface area contributed by atoms with E-state index in [0.29, 0.717) is 10.9 Å². The monoisotopic (exact) mass is 393 g/mol. The smallest absolute Gasteiger partial charge is 0.261 e. The molecule has 0 spiro atoms. The number of ether oxygens (including phenoxy) is 1. The summed E-state index contributed by atoms with van der Waals surface area (Å²) in [6, 6.07) is 17.0. The molecule has 29 heavy (non-hydrogen) atoms. The van der Waals surface area contributed by atoms with Crippen LogP contribution in [0.15, 0.2) is 65.7 Å². The number of benzene rings is 2. The van der Waals surface area contributed by atoms with Crippen LogP contribution < -0.4 is 15.8 Å². The van der Waals surface area contributed by atoms with Crippen LogP contribution in [-0.4, -0.2) is 48.3 Å². The zero-order valence-corrected chi connectivity index (χ0v) is 16.2.